The molecule has 0 bridgehead atoms. The van der Waals surface area contributed by atoms with Gasteiger partial charge in [-0.3, -0.25) is 4.79 Å². The Morgan fingerprint density at radius 1 is 1.00 bits per heavy atom. The van der Waals surface area contributed by atoms with Crippen molar-refractivity contribution in [3.63, 3.8) is 0 Å². The molecule has 2 aromatic carbocycles. The van der Waals surface area contributed by atoms with Crippen molar-refractivity contribution < 1.29 is 4.79 Å². The highest BCUT2D eigenvalue weighted by Crippen LogP contribution is 2.12. The first-order valence-electron chi connectivity index (χ1n) is 7.45. The highest BCUT2D eigenvalue weighted by Gasteiger charge is 2.14. The molecule has 2 N–H and O–H groups in total. The Labute approximate surface area is 136 Å². The molecule has 0 fully saturated rings. The van der Waals surface area contributed by atoms with Gasteiger partial charge in [-0.05, 0) is 36.2 Å². The van der Waals surface area contributed by atoms with Gasteiger partial charge in [-0.1, -0.05) is 54.1 Å². The lowest BCUT2D eigenvalue weighted by Gasteiger charge is -2.23. The maximum atomic E-state index is 12.6. The van der Waals surface area contributed by atoms with Crippen molar-refractivity contribution in [3.05, 3.63) is 70.7 Å². The maximum Gasteiger partial charge on any atom is 0.227 e. The molecule has 0 spiro atoms. The molecule has 0 aliphatic heterocycles. The van der Waals surface area contributed by atoms with E-state index in [1.807, 2.05) is 59.5 Å². The van der Waals surface area contributed by atoms with Crippen molar-refractivity contribution in [2.45, 2.75) is 19.4 Å². The van der Waals surface area contributed by atoms with Crippen LogP contribution < -0.4 is 5.73 Å². The molecule has 116 valence electrons. The number of nitrogens with two attached hydrogens (primary N) is 1. The van der Waals surface area contributed by atoms with Crippen LogP contribution in [0.1, 0.15) is 17.5 Å². The third-order valence-electron chi connectivity index (χ3n) is 3.47. The topological polar surface area (TPSA) is 46.3 Å². The molecule has 0 aromatic heterocycles. The van der Waals surface area contributed by atoms with Gasteiger partial charge < -0.3 is 10.6 Å². The average molecular weight is 317 g/mol. The van der Waals surface area contributed by atoms with E-state index < -0.39 is 0 Å². The Morgan fingerprint density at radius 2 is 1.68 bits per heavy atom. The average Bonchev–Trinajstić information content (AvgIpc) is 2.54. The Kier molecular flexibility index (Phi) is 6.44. The Hall–Kier alpha value is -1.84. The van der Waals surface area contributed by atoms with Gasteiger partial charge in [0.15, 0.2) is 0 Å². The fourth-order valence-electron chi connectivity index (χ4n) is 2.27. The van der Waals surface area contributed by atoms with Crippen LogP contribution in [0.25, 0.3) is 0 Å². The zero-order chi connectivity index (χ0) is 15.8. The Morgan fingerprint density at radius 3 is 2.32 bits per heavy atom. The van der Waals surface area contributed by atoms with Gasteiger partial charge in [0, 0.05) is 18.1 Å². The van der Waals surface area contributed by atoms with Crippen LogP contribution in [0.5, 0.6) is 0 Å². The lowest BCUT2D eigenvalue weighted by atomic mass is 10.1. The summed E-state index contributed by atoms with van der Waals surface area (Å²) in [6.07, 6.45) is 1.19. The van der Waals surface area contributed by atoms with Crippen molar-refractivity contribution in [2.75, 3.05) is 13.1 Å². The maximum absolute atomic E-state index is 12.6. The van der Waals surface area contributed by atoms with E-state index in [0.29, 0.717) is 31.1 Å². The number of hydrogen-bond acceptors (Lipinski definition) is 2. The first-order valence-corrected chi connectivity index (χ1v) is 7.83. The molecule has 0 unspecified atom stereocenters. The van der Waals surface area contributed by atoms with Gasteiger partial charge >= 0.3 is 0 Å². The van der Waals surface area contributed by atoms with Gasteiger partial charge in [0.05, 0.1) is 6.42 Å². The van der Waals surface area contributed by atoms with E-state index in [4.69, 9.17) is 17.3 Å². The first-order chi connectivity index (χ1) is 10.7. The van der Waals surface area contributed by atoms with E-state index in [1.165, 1.54) is 0 Å². The monoisotopic (exact) mass is 316 g/mol. The molecule has 0 saturated heterocycles. The van der Waals surface area contributed by atoms with Gasteiger partial charge in [0.1, 0.15) is 0 Å². The quantitative estimate of drug-likeness (QED) is 0.852. The predicted octanol–water partition coefficient (Wildman–Crippen LogP) is 3.26. The third kappa shape index (κ3) is 5.17. The fraction of sp³-hybridized carbons (Fsp3) is 0.278. The number of hydrogen-bond donors (Lipinski definition) is 1. The van der Waals surface area contributed by atoms with Gasteiger partial charge in [-0.15, -0.1) is 0 Å². The second-order valence-electron chi connectivity index (χ2n) is 5.25. The molecule has 22 heavy (non-hydrogen) atoms. The molecule has 2 aromatic rings. The van der Waals surface area contributed by atoms with Crippen LogP contribution >= 0.6 is 11.6 Å². The summed E-state index contributed by atoms with van der Waals surface area (Å²) < 4.78 is 0. The normalized spacial score (nSPS) is 10.5. The Balaban J connectivity index is 2.03. The lowest BCUT2D eigenvalue weighted by molar-refractivity contribution is -0.131. The second kappa shape index (κ2) is 8.57. The van der Waals surface area contributed by atoms with Gasteiger partial charge in [-0.25, -0.2) is 0 Å². The summed E-state index contributed by atoms with van der Waals surface area (Å²) in [7, 11) is 0. The molecule has 0 saturated carbocycles. The molecule has 0 heterocycles. The van der Waals surface area contributed by atoms with Crippen molar-refractivity contribution >= 4 is 17.5 Å². The zero-order valence-corrected chi connectivity index (χ0v) is 13.3. The molecule has 0 aliphatic carbocycles. The minimum atomic E-state index is 0.111. The van der Waals surface area contributed by atoms with Crippen LogP contribution in [-0.2, 0) is 17.8 Å². The van der Waals surface area contributed by atoms with Crippen LogP contribution in [-0.4, -0.2) is 23.9 Å². The first kappa shape index (κ1) is 16.5. The fourth-order valence-corrected chi connectivity index (χ4v) is 2.39. The number of benzene rings is 2. The molecule has 1 amide bonds. The van der Waals surface area contributed by atoms with E-state index in [1.54, 1.807) is 0 Å². The van der Waals surface area contributed by atoms with Gasteiger partial charge in [0.2, 0.25) is 5.91 Å². The lowest BCUT2D eigenvalue weighted by Crippen LogP contribution is -2.33. The van der Waals surface area contributed by atoms with Crippen LogP contribution in [0.3, 0.4) is 0 Å². The van der Waals surface area contributed by atoms with E-state index in [9.17, 15) is 4.79 Å². The van der Waals surface area contributed by atoms with Crippen LogP contribution in [0, 0.1) is 0 Å². The second-order valence-corrected chi connectivity index (χ2v) is 5.68. The predicted molar refractivity (Wildman–Crippen MR) is 90.7 cm³/mol. The summed E-state index contributed by atoms with van der Waals surface area (Å²) >= 11 is 5.88. The summed E-state index contributed by atoms with van der Waals surface area (Å²) in [6.45, 7) is 1.88. The highest BCUT2D eigenvalue weighted by molar-refractivity contribution is 6.30. The van der Waals surface area contributed by atoms with Gasteiger partial charge in [0.25, 0.3) is 0 Å². The standard InChI is InChI=1S/C18H21ClN2O/c19-17-9-7-15(8-10-17)13-18(22)21(12-4-11-20)14-16-5-2-1-3-6-16/h1-3,5-10H,4,11-14,20H2. The molecule has 3 nitrogen and oxygen atoms in total. The van der Waals surface area contributed by atoms with E-state index in [0.717, 1.165) is 17.5 Å². The number of halogens is 1. The third-order valence-corrected chi connectivity index (χ3v) is 3.72. The summed E-state index contributed by atoms with van der Waals surface area (Å²) in [6, 6.07) is 17.4. The highest BCUT2D eigenvalue weighted by atomic mass is 35.5. The van der Waals surface area contributed by atoms with E-state index in [-0.39, 0.29) is 5.91 Å². The summed E-state index contributed by atoms with van der Waals surface area (Å²) in [5, 5.41) is 0.681. The summed E-state index contributed by atoms with van der Waals surface area (Å²) in [4.78, 5) is 14.4. The van der Waals surface area contributed by atoms with Crippen molar-refractivity contribution in [2.24, 2.45) is 5.73 Å². The van der Waals surface area contributed by atoms with Crippen LogP contribution in [0.4, 0.5) is 0 Å². The van der Waals surface area contributed by atoms with Gasteiger partial charge in [-0.2, -0.15) is 0 Å². The molecule has 2 rings (SSSR count). The molecular formula is C18H21ClN2O. The molecule has 0 radical (unpaired) electrons. The molecular weight excluding hydrogens is 296 g/mol. The van der Waals surface area contributed by atoms with Crippen LogP contribution in [0.2, 0.25) is 5.02 Å². The minimum absolute atomic E-state index is 0.111. The number of nitrogens with zero attached hydrogens (tertiary/aromatic N) is 1. The van der Waals surface area contributed by atoms with Crippen molar-refractivity contribution in [3.8, 4) is 0 Å². The zero-order valence-electron chi connectivity index (χ0n) is 12.5. The van der Waals surface area contributed by atoms with E-state index >= 15 is 0 Å². The number of rotatable bonds is 7. The Bertz CT molecular complexity index is 584. The van der Waals surface area contributed by atoms with Crippen molar-refractivity contribution in [1.82, 2.24) is 4.90 Å². The molecule has 0 atom stereocenters. The van der Waals surface area contributed by atoms with Crippen LogP contribution in [0.15, 0.2) is 54.6 Å². The molecule has 0 aliphatic rings. The minimum Gasteiger partial charge on any atom is -0.338 e. The summed E-state index contributed by atoms with van der Waals surface area (Å²) in [5.74, 6) is 0.111. The molecule has 4 heteroatoms. The number of carbonyl (C=O) groups excluding carboxylic acids is 1. The smallest absolute Gasteiger partial charge is 0.227 e. The SMILES string of the molecule is NCCCN(Cc1ccccc1)C(=O)Cc1ccc(Cl)cc1. The van der Waals surface area contributed by atoms with Crippen molar-refractivity contribution in [1.29, 1.82) is 0 Å². The number of amides is 1. The largest absolute Gasteiger partial charge is 0.338 e. The van der Waals surface area contributed by atoms with E-state index in [2.05, 4.69) is 0 Å². The summed E-state index contributed by atoms with van der Waals surface area (Å²) in [5.41, 5.74) is 7.69. The number of carbonyl (C=O) groups is 1.